The highest BCUT2D eigenvalue weighted by molar-refractivity contribution is 8.01. The van der Waals surface area contributed by atoms with E-state index in [1.165, 1.54) is 45.1 Å². The Morgan fingerprint density at radius 1 is 1.38 bits per heavy atom. The first-order chi connectivity index (χ1) is 18.9. The van der Waals surface area contributed by atoms with Crippen molar-refractivity contribution in [1.82, 2.24) is 25.4 Å². The van der Waals surface area contributed by atoms with E-state index in [4.69, 9.17) is 4.84 Å². The van der Waals surface area contributed by atoms with Crippen molar-refractivity contribution in [3.8, 4) is 0 Å². The van der Waals surface area contributed by atoms with E-state index in [-0.39, 0.29) is 28.3 Å². The van der Waals surface area contributed by atoms with Crippen LogP contribution in [0, 0.1) is 6.92 Å². The Kier molecular flexibility index (Phi) is 8.29. The Morgan fingerprint density at radius 2 is 2.23 bits per heavy atom. The number of carboxylic acid groups (broad SMARTS) is 1. The summed E-state index contributed by atoms with van der Waals surface area (Å²) in [5.41, 5.74) is 0.534. The first-order valence-corrected chi connectivity index (χ1v) is 15.3. The van der Waals surface area contributed by atoms with Gasteiger partial charge in [-0.25, -0.2) is 9.78 Å². The lowest BCUT2D eigenvalue weighted by Gasteiger charge is -2.49. The number of thioether (sulfide) groups is 2. The van der Waals surface area contributed by atoms with Crippen molar-refractivity contribution in [3.63, 3.8) is 0 Å². The van der Waals surface area contributed by atoms with Crippen LogP contribution in [0.4, 0.5) is 5.13 Å². The average Bonchev–Trinajstić information content (AvgIpc) is 3.69. The molecule has 13 nitrogen and oxygen atoms in total. The molecule has 4 heterocycles. The fourth-order valence-electron chi connectivity index (χ4n) is 4.01. The molecule has 1 aliphatic carbocycles. The number of anilines is 1. The number of oxime groups is 1. The second-order valence-electron chi connectivity index (χ2n) is 8.38. The number of aromatic nitrogens is 3. The summed E-state index contributed by atoms with van der Waals surface area (Å²) in [5.74, 6) is -1.72. The summed E-state index contributed by atoms with van der Waals surface area (Å²) in [6.07, 6.45) is 5.51. The van der Waals surface area contributed by atoms with Crippen molar-refractivity contribution in [2.24, 2.45) is 5.16 Å². The number of fused-ring (bicyclic) bond motifs is 1. The van der Waals surface area contributed by atoms with E-state index in [9.17, 15) is 24.3 Å². The summed E-state index contributed by atoms with van der Waals surface area (Å²) < 4.78 is 0.715. The van der Waals surface area contributed by atoms with E-state index in [0.717, 1.165) is 22.8 Å². The number of rotatable bonds is 11. The van der Waals surface area contributed by atoms with Crippen LogP contribution in [0.25, 0.3) is 0 Å². The number of hydrogen-bond acceptors (Lipinski definition) is 13. The molecule has 39 heavy (non-hydrogen) atoms. The van der Waals surface area contributed by atoms with E-state index in [1.54, 1.807) is 0 Å². The van der Waals surface area contributed by atoms with Crippen molar-refractivity contribution in [2.45, 2.75) is 41.6 Å². The van der Waals surface area contributed by atoms with Gasteiger partial charge in [-0.15, -0.1) is 33.3 Å². The first-order valence-electron chi connectivity index (χ1n) is 11.6. The van der Waals surface area contributed by atoms with Gasteiger partial charge in [-0.1, -0.05) is 34.3 Å². The Hall–Kier alpha value is -3.28. The predicted octanol–water partition coefficient (Wildman–Crippen LogP) is 1.84. The Labute approximate surface area is 238 Å². The molecule has 0 aromatic carbocycles. The van der Waals surface area contributed by atoms with Gasteiger partial charge in [0.1, 0.15) is 33.9 Å². The van der Waals surface area contributed by atoms with Crippen LogP contribution in [-0.4, -0.2) is 84.1 Å². The van der Waals surface area contributed by atoms with Gasteiger partial charge in [0.2, 0.25) is 6.41 Å². The van der Waals surface area contributed by atoms with E-state index in [2.05, 4.69) is 31.0 Å². The largest absolute Gasteiger partial charge is 0.477 e. The predicted molar refractivity (Wildman–Crippen MR) is 147 cm³/mol. The van der Waals surface area contributed by atoms with Gasteiger partial charge in [-0.2, -0.15) is 0 Å². The highest BCUT2D eigenvalue weighted by atomic mass is 32.2. The summed E-state index contributed by atoms with van der Waals surface area (Å²) in [6.45, 7) is 1.83. The van der Waals surface area contributed by atoms with Crippen LogP contribution >= 0.6 is 46.2 Å². The lowest BCUT2D eigenvalue weighted by atomic mass is 10.0. The molecule has 5 rings (SSSR count). The van der Waals surface area contributed by atoms with Crippen LogP contribution < -0.4 is 10.6 Å². The molecule has 2 aromatic rings. The minimum Gasteiger partial charge on any atom is -0.477 e. The van der Waals surface area contributed by atoms with Crippen LogP contribution in [0.3, 0.4) is 0 Å². The zero-order valence-corrected chi connectivity index (χ0v) is 23.5. The quantitative estimate of drug-likeness (QED) is 0.0848. The van der Waals surface area contributed by atoms with Crippen LogP contribution in [0.5, 0.6) is 0 Å². The van der Waals surface area contributed by atoms with Crippen LogP contribution in [0.2, 0.25) is 0 Å². The second kappa shape index (κ2) is 11.8. The minimum absolute atomic E-state index is 0.0719. The lowest BCUT2D eigenvalue weighted by molar-refractivity contribution is -0.150. The number of nitrogens with zero attached hydrogens (tertiary/aromatic N) is 5. The smallest absolute Gasteiger partial charge is 0.352 e. The Balaban J connectivity index is 1.31. The highest BCUT2D eigenvalue weighted by Gasteiger charge is 2.54. The number of β-lactam (4-membered cyclic amide) rings is 1. The number of hydrogen-bond donors (Lipinski definition) is 3. The molecule has 3 aliphatic rings. The first kappa shape index (κ1) is 27.3. The van der Waals surface area contributed by atoms with E-state index < -0.39 is 29.2 Å². The number of aryl methyl sites for hydroxylation is 1. The van der Waals surface area contributed by atoms with E-state index in [1.807, 2.05) is 19.1 Å². The summed E-state index contributed by atoms with van der Waals surface area (Å²) in [7, 11) is 0. The number of aliphatic carboxylic acids is 1. The number of allylic oxidation sites excluding steroid dienone is 1. The van der Waals surface area contributed by atoms with Crippen molar-refractivity contribution in [3.05, 3.63) is 39.5 Å². The highest BCUT2D eigenvalue weighted by Crippen LogP contribution is 2.41. The molecule has 2 aromatic heterocycles. The summed E-state index contributed by atoms with van der Waals surface area (Å²) in [6, 6.07) is -0.959. The number of thiazole rings is 1. The SMILES string of the molecule is Cc1nnc(SCC2=C(C(=O)O)N3C(=O)C(NC(=O)C(=NOC4C=CCC4)c4csc(NC=O)n4)[C@H]3SC2)s1. The molecule has 1 saturated heterocycles. The molecule has 0 radical (unpaired) electrons. The number of carboxylic acids is 1. The number of carbonyl (C=O) groups excluding carboxylic acids is 3. The average molecular weight is 608 g/mol. The van der Waals surface area contributed by atoms with Crippen molar-refractivity contribution < 1.29 is 29.1 Å². The molecule has 204 valence electrons. The maximum atomic E-state index is 13.3. The zero-order valence-electron chi connectivity index (χ0n) is 20.2. The van der Waals surface area contributed by atoms with Gasteiger partial charge in [0.05, 0.1) is 0 Å². The van der Waals surface area contributed by atoms with Crippen LogP contribution in [0.15, 0.2) is 38.3 Å². The Bertz CT molecular complexity index is 1400. The van der Waals surface area contributed by atoms with Crippen molar-refractivity contribution in [2.75, 3.05) is 16.8 Å². The van der Waals surface area contributed by atoms with Gasteiger partial charge >= 0.3 is 5.97 Å². The van der Waals surface area contributed by atoms with Gasteiger partial charge < -0.3 is 20.6 Å². The van der Waals surface area contributed by atoms with E-state index in [0.29, 0.717) is 34.2 Å². The third-order valence-electron chi connectivity index (χ3n) is 5.81. The van der Waals surface area contributed by atoms with Crippen molar-refractivity contribution in [1.29, 1.82) is 0 Å². The van der Waals surface area contributed by atoms with Gasteiger partial charge in [0, 0.05) is 16.9 Å². The molecule has 2 unspecified atom stereocenters. The van der Waals surface area contributed by atoms with Gasteiger partial charge in [0.15, 0.2) is 15.2 Å². The molecule has 0 spiro atoms. The van der Waals surface area contributed by atoms with E-state index >= 15 is 0 Å². The number of amides is 3. The topological polar surface area (TPSA) is 176 Å². The fourth-order valence-corrected chi connectivity index (χ4v) is 7.96. The molecule has 1 fully saturated rings. The minimum atomic E-state index is -1.21. The molecule has 3 atom stereocenters. The van der Waals surface area contributed by atoms with Gasteiger partial charge in [0.25, 0.3) is 11.8 Å². The van der Waals surface area contributed by atoms with Gasteiger partial charge in [-0.05, 0) is 31.4 Å². The standard InChI is InChI=1S/C22H21N7O6S4/c1-10-26-27-22(39-10)38-7-11-6-36-19-15(18(32)29(19)16(11)20(33)34)25-17(31)14(28-35-12-4-2-3-5-12)13-8-37-21(24-13)23-9-30/h2,4,8-9,12,15,19H,3,5-7H2,1H3,(H,25,31)(H,33,34)(H,23,24,30)/t12?,15?,19-/m1/s1. The Morgan fingerprint density at radius 3 is 2.92 bits per heavy atom. The monoisotopic (exact) mass is 607 g/mol. The summed E-state index contributed by atoms with van der Waals surface area (Å²) >= 11 is 5.25. The molecule has 3 amide bonds. The summed E-state index contributed by atoms with van der Waals surface area (Å²) in [4.78, 5) is 60.3. The lowest BCUT2D eigenvalue weighted by Crippen LogP contribution is -2.71. The molecule has 3 N–H and O–H groups in total. The normalized spacial score (nSPS) is 22.4. The third kappa shape index (κ3) is 5.85. The molecular formula is C22H21N7O6S4. The number of nitrogens with one attached hydrogen (secondary N) is 2. The maximum absolute atomic E-state index is 13.3. The molecule has 0 saturated carbocycles. The molecule has 2 aliphatic heterocycles. The zero-order chi connectivity index (χ0) is 27.5. The fraction of sp³-hybridized carbons (Fsp3) is 0.364. The maximum Gasteiger partial charge on any atom is 0.352 e. The van der Waals surface area contributed by atoms with Gasteiger partial charge in [-0.3, -0.25) is 19.3 Å². The third-order valence-corrected chi connectivity index (χ3v) is 9.98. The number of carbonyl (C=O) groups is 4. The summed E-state index contributed by atoms with van der Waals surface area (Å²) in [5, 5.41) is 29.1. The molecule has 0 bridgehead atoms. The molecule has 17 heteroatoms. The molecular weight excluding hydrogens is 587 g/mol. The second-order valence-corrected chi connectivity index (χ2v) is 12.8. The van der Waals surface area contributed by atoms with Crippen molar-refractivity contribution >= 4 is 81.2 Å². The van der Waals surface area contributed by atoms with Crippen LogP contribution in [0.1, 0.15) is 23.5 Å². The van der Waals surface area contributed by atoms with Crippen LogP contribution in [-0.2, 0) is 24.0 Å².